The van der Waals surface area contributed by atoms with Crippen LogP contribution in [-0.2, 0) is 21.4 Å². The van der Waals surface area contributed by atoms with Gasteiger partial charge in [-0.1, -0.05) is 12.1 Å². The number of rotatable bonds is 6. The van der Waals surface area contributed by atoms with Crippen LogP contribution in [0.4, 0.5) is 5.69 Å². The van der Waals surface area contributed by atoms with Crippen molar-refractivity contribution in [3.05, 3.63) is 48.3 Å². The molecule has 1 unspecified atom stereocenters. The lowest BCUT2D eigenvalue weighted by Gasteiger charge is -2.34. The average Bonchev–Trinajstić information content (AvgIpc) is 3.15. The number of carbonyl (C=O) groups is 2. The molecule has 0 aliphatic carbocycles. The second kappa shape index (κ2) is 9.38. The number of hydrogen-bond donors (Lipinski definition) is 2. The van der Waals surface area contributed by atoms with Gasteiger partial charge in [-0.25, -0.2) is 0 Å². The van der Waals surface area contributed by atoms with Gasteiger partial charge in [0.25, 0.3) is 0 Å². The summed E-state index contributed by atoms with van der Waals surface area (Å²) in [5.41, 5.74) is 1.53. The van der Waals surface area contributed by atoms with Crippen molar-refractivity contribution in [2.24, 2.45) is 7.05 Å². The maximum atomic E-state index is 12.4. The minimum absolute atomic E-state index is 0.0353. The van der Waals surface area contributed by atoms with Gasteiger partial charge in [0, 0.05) is 38.6 Å². The van der Waals surface area contributed by atoms with Crippen LogP contribution in [0.5, 0.6) is 5.75 Å². The highest BCUT2D eigenvalue weighted by Crippen LogP contribution is 2.23. The van der Waals surface area contributed by atoms with E-state index in [1.165, 1.54) is 7.11 Å². The molecule has 0 spiro atoms. The fourth-order valence-electron chi connectivity index (χ4n) is 3.33. The molecular formula is C20H26N4O4. The Morgan fingerprint density at radius 1 is 1.14 bits per heavy atom. The summed E-state index contributed by atoms with van der Waals surface area (Å²) >= 11 is 0. The first-order valence-electron chi connectivity index (χ1n) is 9.25. The van der Waals surface area contributed by atoms with Gasteiger partial charge in [0.05, 0.1) is 32.1 Å². The standard InChI is InChI=1S/C20H26N4O4/c1-23-9-5-7-16(23)17(24-10-12-28-13-11-24)14-21-19(25)20(26)22-15-6-3-4-8-18(15)27-2/h3-9,17H,10-14H2,1-2H3,(H,21,25)(H,22,26). The maximum Gasteiger partial charge on any atom is 0.313 e. The monoisotopic (exact) mass is 386 g/mol. The van der Waals surface area contributed by atoms with Crippen LogP contribution in [0, 0.1) is 0 Å². The molecule has 0 saturated carbocycles. The van der Waals surface area contributed by atoms with E-state index in [0.29, 0.717) is 31.2 Å². The second-order valence-corrected chi connectivity index (χ2v) is 6.57. The van der Waals surface area contributed by atoms with Gasteiger partial charge >= 0.3 is 11.8 Å². The number of aromatic nitrogens is 1. The molecule has 2 heterocycles. The van der Waals surface area contributed by atoms with Crippen LogP contribution in [0.3, 0.4) is 0 Å². The summed E-state index contributed by atoms with van der Waals surface area (Å²) in [4.78, 5) is 26.9. The van der Waals surface area contributed by atoms with Crippen LogP contribution < -0.4 is 15.4 Å². The molecule has 8 heteroatoms. The first kappa shape index (κ1) is 19.9. The van der Waals surface area contributed by atoms with Gasteiger partial charge in [0.2, 0.25) is 0 Å². The molecule has 150 valence electrons. The van der Waals surface area contributed by atoms with E-state index in [1.807, 2.05) is 29.9 Å². The predicted molar refractivity (Wildman–Crippen MR) is 105 cm³/mol. The highest BCUT2D eigenvalue weighted by Gasteiger charge is 2.26. The third-order valence-electron chi connectivity index (χ3n) is 4.83. The van der Waals surface area contributed by atoms with Gasteiger partial charge in [-0.05, 0) is 24.3 Å². The lowest BCUT2D eigenvalue weighted by atomic mass is 10.1. The van der Waals surface area contributed by atoms with E-state index >= 15 is 0 Å². The number of ether oxygens (including phenoxy) is 2. The van der Waals surface area contributed by atoms with Gasteiger partial charge in [0.15, 0.2) is 0 Å². The Balaban J connectivity index is 1.64. The zero-order valence-corrected chi connectivity index (χ0v) is 16.2. The Bertz CT molecular complexity index is 814. The third-order valence-corrected chi connectivity index (χ3v) is 4.83. The van der Waals surface area contributed by atoms with E-state index < -0.39 is 11.8 Å². The zero-order valence-electron chi connectivity index (χ0n) is 16.2. The van der Waals surface area contributed by atoms with Gasteiger partial charge in [0.1, 0.15) is 5.75 Å². The summed E-state index contributed by atoms with van der Waals surface area (Å²) in [7, 11) is 3.48. The number of hydrogen-bond acceptors (Lipinski definition) is 5. The molecule has 0 bridgehead atoms. The van der Waals surface area contributed by atoms with Gasteiger partial charge in [-0.15, -0.1) is 0 Å². The van der Waals surface area contributed by atoms with Crippen molar-refractivity contribution in [1.82, 2.24) is 14.8 Å². The Morgan fingerprint density at radius 3 is 2.57 bits per heavy atom. The number of aryl methyl sites for hydroxylation is 1. The van der Waals surface area contributed by atoms with Crippen molar-refractivity contribution in [1.29, 1.82) is 0 Å². The maximum absolute atomic E-state index is 12.4. The number of benzene rings is 1. The summed E-state index contributed by atoms with van der Waals surface area (Å²) in [6, 6.07) is 10.9. The molecule has 28 heavy (non-hydrogen) atoms. The number of morpholine rings is 1. The van der Waals surface area contributed by atoms with Crippen LogP contribution in [0.1, 0.15) is 11.7 Å². The minimum Gasteiger partial charge on any atom is -0.495 e. The number of anilines is 1. The molecule has 1 fully saturated rings. The first-order valence-corrected chi connectivity index (χ1v) is 9.25. The smallest absolute Gasteiger partial charge is 0.313 e. The van der Waals surface area contributed by atoms with Crippen LogP contribution >= 0.6 is 0 Å². The molecule has 2 N–H and O–H groups in total. The molecule has 0 radical (unpaired) electrons. The fraction of sp³-hybridized carbons (Fsp3) is 0.400. The second-order valence-electron chi connectivity index (χ2n) is 6.57. The van der Waals surface area contributed by atoms with Crippen molar-refractivity contribution >= 4 is 17.5 Å². The normalized spacial score (nSPS) is 15.6. The van der Waals surface area contributed by atoms with Crippen molar-refractivity contribution in [3.63, 3.8) is 0 Å². The topological polar surface area (TPSA) is 84.8 Å². The molecular weight excluding hydrogens is 360 g/mol. The van der Waals surface area contributed by atoms with E-state index in [0.717, 1.165) is 18.8 Å². The van der Waals surface area contributed by atoms with Crippen LogP contribution in [-0.4, -0.2) is 61.2 Å². The summed E-state index contributed by atoms with van der Waals surface area (Å²) in [6.45, 7) is 3.20. The summed E-state index contributed by atoms with van der Waals surface area (Å²) < 4.78 is 12.7. The lowest BCUT2D eigenvalue weighted by Crippen LogP contribution is -2.46. The predicted octanol–water partition coefficient (Wildman–Crippen LogP) is 1.16. The van der Waals surface area contributed by atoms with E-state index in [-0.39, 0.29) is 6.04 Å². The summed E-state index contributed by atoms with van der Waals surface area (Å²) in [5, 5.41) is 5.36. The van der Waals surface area contributed by atoms with Crippen LogP contribution in [0.15, 0.2) is 42.6 Å². The zero-order chi connectivity index (χ0) is 19.9. The van der Waals surface area contributed by atoms with Crippen LogP contribution in [0.2, 0.25) is 0 Å². The number of amides is 2. The minimum atomic E-state index is -0.725. The quantitative estimate of drug-likeness (QED) is 0.728. The lowest BCUT2D eigenvalue weighted by molar-refractivity contribution is -0.136. The first-order chi connectivity index (χ1) is 13.6. The third kappa shape index (κ3) is 4.71. The Kier molecular flexibility index (Phi) is 6.67. The molecule has 2 amide bonds. The highest BCUT2D eigenvalue weighted by atomic mass is 16.5. The molecule has 1 aliphatic rings. The SMILES string of the molecule is COc1ccccc1NC(=O)C(=O)NCC(c1cccn1C)N1CCOCC1. The van der Waals surface area contributed by atoms with Crippen LogP contribution in [0.25, 0.3) is 0 Å². The van der Waals surface area contributed by atoms with E-state index in [1.54, 1.807) is 24.3 Å². The average molecular weight is 386 g/mol. The molecule has 2 aromatic rings. The summed E-state index contributed by atoms with van der Waals surface area (Å²) in [6.07, 6.45) is 1.97. The molecule has 1 atom stereocenters. The molecule has 8 nitrogen and oxygen atoms in total. The number of nitrogens with zero attached hydrogens (tertiary/aromatic N) is 2. The number of carbonyl (C=O) groups excluding carboxylic acids is 2. The van der Waals surface area contributed by atoms with Gasteiger partial charge in [-0.2, -0.15) is 0 Å². The van der Waals surface area contributed by atoms with Gasteiger partial charge < -0.3 is 24.7 Å². The highest BCUT2D eigenvalue weighted by molar-refractivity contribution is 6.39. The molecule has 1 aromatic carbocycles. The number of methoxy groups -OCH3 is 1. The largest absolute Gasteiger partial charge is 0.495 e. The van der Waals surface area contributed by atoms with Gasteiger partial charge in [-0.3, -0.25) is 14.5 Å². The molecule has 1 aliphatic heterocycles. The summed E-state index contributed by atoms with van der Waals surface area (Å²) in [5.74, 6) is -0.908. The van der Waals surface area contributed by atoms with Crippen molar-refractivity contribution in [3.8, 4) is 5.75 Å². The Morgan fingerprint density at radius 2 is 1.89 bits per heavy atom. The Labute approximate surface area is 164 Å². The number of nitrogens with one attached hydrogen (secondary N) is 2. The molecule has 3 rings (SSSR count). The molecule has 1 saturated heterocycles. The fourth-order valence-corrected chi connectivity index (χ4v) is 3.33. The Hall–Kier alpha value is -2.84. The van der Waals surface area contributed by atoms with E-state index in [9.17, 15) is 9.59 Å². The van der Waals surface area contributed by atoms with Crippen molar-refractivity contribution < 1.29 is 19.1 Å². The molecule has 1 aromatic heterocycles. The van der Waals surface area contributed by atoms with E-state index in [4.69, 9.17) is 9.47 Å². The number of para-hydroxylation sites is 2. The van der Waals surface area contributed by atoms with Crippen molar-refractivity contribution in [2.45, 2.75) is 6.04 Å². The van der Waals surface area contributed by atoms with E-state index in [2.05, 4.69) is 15.5 Å². The van der Waals surface area contributed by atoms with Crippen molar-refractivity contribution in [2.75, 3.05) is 45.3 Å².